The molecular formula is C12H19N7. The summed E-state index contributed by atoms with van der Waals surface area (Å²) in [6, 6.07) is -0.121. The van der Waals surface area contributed by atoms with Gasteiger partial charge in [-0.15, -0.1) is 0 Å². The van der Waals surface area contributed by atoms with Crippen molar-refractivity contribution in [2.75, 3.05) is 0 Å². The molecule has 19 heavy (non-hydrogen) atoms. The lowest BCUT2D eigenvalue weighted by molar-refractivity contribution is 0.444. The minimum Gasteiger partial charge on any atom is -0.271 e. The summed E-state index contributed by atoms with van der Waals surface area (Å²) in [5.41, 5.74) is 3.55. The Morgan fingerprint density at radius 3 is 2.79 bits per heavy atom. The molecule has 1 atom stereocenters. The molecule has 0 aliphatic carbocycles. The summed E-state index contributed by atoms with van der Waals surface area (Å²) in [5, 5.41) is 4.24. The maximum Gasteiger partial charge on any atom is 0.138 e. The molecule has 0 saturated heterocycles. The first-order valence-corrected chi connectivity index (χ1v) is 6.29. The van der Waals surface area contributed by atoms with E-state index < -0.39 is 0 Å². The summed E-state index contributed by atoms with van der Waals surface area (Å²) in [5.74, 6) is 7.00. The highest BCUT2D eigenvalue weighted by Gasteiger charge is 2.16. The fraction of sp³-hybridized carbons (Fsp3) is 0.500. The first-order valence-electron chi connectivity index (χ1n) is 6.29. The molecule has 0 bridgehead atoms. The van der Waals surface area contributed by atoms with Crippen LogP contribution in [0.4, 0.5) is 0 Å². The molecule has 7 heteroatoms. The lowest BCUT2D eigenvalue weighted by Gasteiger charge is -2.15. The van der Waals surface area contributed by atoms with E-state index in [4.69, 9.17) is 5.84 Å². The van der Waals surface area contributed by atoms with E-state index in [2.05, 4.69) is 39.3 Å². The average molecular weight is 261 g/mol. The first-order chi connectivity index (χ1) is 9.20. The van der Waals surface area contributed by atoms with Crippen molar-refractivity contribution >= 4 is 0 Å². The summed E-state index contributed by atoms with van der Waals surface area (Å²) in [7, 11) is 0. The molecule has 0 aliphatic rings. The Balaban J connectivity index is 2.13. The normalized spacial score (nSPS) is 12.8. The molecule has 2 rings (SSSR count). The SMILES string of the molecule is CC(C)Cn1ncnc1CC(NN)c1cnccn1. The van der Waals surface area contributed by atoms with Gasteiger partial charge in [0.05, 0.1) is 17.9 Å². The van der Waals surface area contributed by atoms with Crippen LogP contribution >= 0.6 is 0 Å². The van der Waals surface area contributed by atoms with Crippen molar-refractivity contribution in [2.24, 2.45) is 11.8 Å². The highest BCUT2D eigenvalue weighted by atomic mass is 15.3. The van der Waals surface area contributed by atoms with Crippen molar-refractivity contribution in [1.82, 2.24) is 30.2 Å². The molecule has 0 aliphatic heterocycles. The zero-order valence-corrected chi connectivity index (χ0v) is 11.2. The van der Waals surface area contributed by atoms with Crippen LogP contribution in [0.2, 0.25) is 0 Å². The van der Waals surface area contributed by atoms with Crippen LogP contribution in [0.25, 0.3) is 0 Å². The highest BCUT2D eigenvalue weighted by Crippen LogP contribution is 2.13. The number of nitrogens with zero attached hydrogens (tertiary/aromatic N) is 5. The van der Waals surface area contributed by atoms with E-state index in [1.807, 2.05) is 4.68 Å². The third kappa shape index (κ3) is 3.55. The fourth-order valence-electron chi connectivity index (χ4n) is 1.87. The van der Waals surface area contributed by atoms with Crippen LogP contribution in [-0.4, -0.2) is 24.7 Å². The number of hydrazine groups is 1. The first kappa shape index (κ1) is 13.6. The van der Waals surface area contributed by atoms with Crippen LogP contribution in [0, 0.1) is 5.92 Å². The average Bonchev–Trinajstić information content (AvgIpc) is 2.83. The smallest absolute Gasteiger partial charge is 0.138 e. The summed E-state index contributed by atoms with van der Waals surface area (Å²) in [6.07, 6.45) is 7.19. The predicted molar refractivity (Wildman–Crippen MR) is 70.7 cm³/mol. The van der Waals surface area contributed by atoms with Gasteiger partial charge in [0.25, 0.3) is 0 Å². The van der Waals surface area contributed by atoms with Gasteiger partial charge >= 0.3 is 0 Å². The van der Waals surface area contributed by atoms with Crippen LogP contribution in [0.1, 0.15) is 31.4 Å². The number of nitrogens with two attached hydrogens (primary N) is 1. The topological polar surface area (TPSA) is 94.5 Å². The van der Waals surface area contributed by atoms with Crippen molar-refractivity contribution < 1.29 is 0 Å². The van der Waals surface area contributed by atoms with Crippen LogP contribution < -0.4 is 11.3 Å². The van der Waals surface area contributed by atoms with E-state index in [-0.39, 0.29) is 6.04 Å². The number of nitrogens with one attached hydrogen (secondary N) is 1. The molecule has 2 aromatic heterocycles. The van der Waals surface area contributed by atoms with E-state index in [0.29, 0.717) is 12.3 Å². The fourth-order valence-corrected chi connectivity index (χ4v) is 1.87. The van der Waals surface area contributed by atoms with Crippen LogP contribution in [0.3, 0.4) is 0 Å². The number of aromatic nitrogens is 5. The maximum absolute atomic E-state index is 5.60. The quantitative estimate of drug-likeness (QED) is 0.580. The van der Waals surface area contributed by atoms with Crippen molar-refractivity contribution in [3.8, 4) is 0 Å². The van der Waals surface area contributed by atoms with Gasteiger partial charge in [0.2, 0.25) is 0 Å². The summed E-state index contributed by atoms with van der Waals surface area (Å²) in [6.45, 7) is 5.13. The molecule has 0 amide bonds. The molecule has 3 N–H and O–H groups in total. The Labute approximate surface area is 112 Å². The molecule has 0 fully saturated rings. The molecule has 2 heterocycles. The molecule has 7 nitrogen and oxygen atoms in total. The molecule has 0 aromatic carbocycles. The van der Waals surface area contributed by atoms with Gasteiger partial charge in [-0.3, -0.25) is 21.2 Å². The van der Waals surface area contributed by atoms with Gasteiger partial charge < -0.3 is 0 Å². The van der Waals surface area contributed by atoms with Crippen molar-refractivity contribution in [1.29, 1.82) is 0 Å². The second kappa shape index (κ2) is 6.35. The summed E-state index contributed by atoms with van der Waals surface area (Å²) < 4.78 is 1.91. The zero-order chi connectivity index (χ0) is 13.7. The minimum absolute atomic E-state index is 0.121. The Morgan fingerprint density at radius 2 is 2.16 bits per heavy atom. The van der Waals surface area contributed by atoms with Gasteiger partial charge in [0.15, 0.2) is 0 Å². The molecule has 1 unspecified atom stereocenters. The molecule has 0 saturated carbocycles. The number of rotatable bonds is 6. The van der Waals surface area contributed by atoms with Crippen molar-refractivity contribution in [3.05, 3.63) is 36.4 Å². The van der Waals surface area contributed by atoms with Gasteiger partial charge in [-0.25, -0.2) is 9.67 Å². The standard InChI is InChI=1S/C12H19N7/c1-9(2)7-19-12(16-8-17-19)5-10(18-13)11-6-14-3-4-15-11/h3-4,6,8-10,18H,5,7,13H2,1-2H3. The Morgan fingerprint density at radius 1 is 1.32 bits per heavy atom. The molecule has 2 aromatic rings. The van der Waals surface area contributed by atoms with E-state index >= 15 is 0 Å². The van der Waals surface area contributed by atoms with Gasteiger partial charge in [0, 0.05) is 25.4 Å². The van der Waals surface area contributed by atoms with Gasteiger partial charge in [0.1, 0.15) is 12.2 Å². The Bertz CT molecular complexity index is 494. The van der Waals surface area contributed by atoms with E-state index in [1.165, 1.54) is 0 Å². The maximum atomic E-state index is 5.60. The van der Waals surface area contributed by atoms with Gasteiger partial charge in [-0.2, -0.15) is 5.10 Å². The Hall–Kier alpha value is -1.86. The molecule has 0 radical (unpaired) electrons. The third-order valence-corrected chi connectivity index (χ3v) is 2.76. The monoisotopic (exact) mass is 261 g/mol. The Kier molecular flexibility index (Phi) is 4.53. The minimum atomic E-state index is -0.121. The van der Waals surface area contributed by atoms with Gasteiger partial charge in [-0.1, -0.05) is 13.8 Å². The van der Waals surface area contributed by atoms with Crippen LogP contribution in [0.15, 0.2) is 24.9 Å². The number of hydrogen-bond acceptors (Lipinski definition) is 6. The number of hydrogen-bond donors (Lipinski definition) is 2. The third-order valence-electron chi connectivity index (χ3n) is 2.76. The highest BCUT2D eigenvalue weighted by molar-refractivity contribution is 5.05. The van der Waals surface area contributed by atoms with Crippen molar-refractivity contribution in [3.63, 3.8) is 0 Å². The van der Waals surface area contributed by atoms with Crippen LogP contribution in [0.5, 0.6) is 0 Å². The lowest BCUT2D eigenvalue weighted by atomic mass is 10.1. The second-order valence-corrected chi connectivity index (χ2v) is 4.81. The molecule has 102 valence electrons. The summed E-state index contributed by atoms with van der Waals surface area (Å²) in [4.78, 5) is 12.6. The van der Waals surface area contributed by atoms with Crippen LogP contribution in [-0.2, 0) is 13.0 Å². The van der Waals surface area contributed by atoms with Gasteiger partial charge in [-0.05, 0) is 5.92 Å². The van der Waals surface area contributed by atoms with E-state index in [0.717, 1.165) is 18.1 Å². The second-order valence-electron chi connectivity index (χ2n) is 4.81. The van der Waals surface area contributed by atoms with E-state index in [9.17, 15) is 0 Å². The predicted octanol–water partition coefficient (Wildman–Crippen LogP) is 0.471. The molecular weight excluding hydrogens is 242 g/mol. The zero-order valence-electron chi connectivity index (χ0n) is 11.2. The van der Waals surface area contributed by atoms with E-state index in [1.54, 1.807) is 24.9 Å². The summed E-state index contributed by atoms with van der Waals surface area (Å²) >= 11 is 0. The molecule has 0 spiro atoms. The largest absolute Gasteiger partial charge is 0.271 e. The van der Waals surface area contributed by atoms with Crippen molar-refractivity contribution in [2.45, 2.75) is 32.9 Å². The lowest BCUT2D eigenvalue weighted by Crippen LogP contribution is -2.31.